The molecule has 0 atom stereocenters. The van der Waals surface area contributed by atoms with Crippen LogP contribution in [0.4, 0.5) is 0 Å². The van der Waals surface area contributed by atoms with Crippen LogP contribution in [-0.4, -0.2) is 16.7 Å². The van der Waals surface area contributed by atoms with Crippen molar-refractivity contribution < 1.29 is 4.42 Å². The first-order valence-corrected chi connectivity index (χ1v) is 6.35. The summed E-state index contributed by atoms with van der Waals surface area (Å²) >= 11 is 7.53. The first kappa shape index (κ1) is 12.4. The lowest BCUT2D eigenvalue weighted by Crippen LogP contribution is -2.02. The van der Waals surface area contributed by atoms with Crippen LogP contribution in [0.1, 0.15) is 11.5 Å². The molecule has 1 heterocycles. The highest BCUT2D eigenvalue weighted by Gasteiger charge is 2.08. The minimum Gasteiger partial charge on any atom is -0.416 e. The molecule has 1 aromatic heterocycles. The number of aryl methyl sites for hydroxylation is 1. The molecular weight excluding hydrogens is 258 g/mol. The molecule has 0 unspecified atom stereocenters. The molecule has 0 aliphatic heterocycles. The second kappa shape index (κ2) is 5.53. The molecular formula is C11H12ClN3OS. The summed E-state index contributed by atoms with van der Waals surface area (Å²) in [5.41, 5.74) is 6.62. The zero-order chi connectivity index (χ0) is 12.3. The number of halogens is 1. The third-order valence-corrected chi connectivity index (χ3v) is 3.47. The number of benzene rings is 1. The molecule has 0 aliphatic rings. The van der Waals surface area contributed by atoms with Crippen molar-refractivity contribution in [2.24, 2.45) is 5.73 Å². The molecule has 0 saturated carbocycles. The Hall–Kier alpha value is -1.04. The molecule has 2 aromatic rings. The van der Waals surface area contributed by atoms with Gasteiger partial charge in [-0.1, -0.05) is 17.7 Å². The molecule has 0 spiro atoms. The van der Waals surface area contributed by atoms with Gasteiger partial charge >= 0.3 is 0 Å². The highest BCUT2D eigenvalue weighted by Crippen LogP contribution is 2.32. The maximum Gasteiger partial charge on any atom is 0.281 e. The van der Waals surface area contributed by atoms with E-state index < -0.39 is 0 Å². The third kappa shape index (κ3) is 3.21. The van der Waals surface area contributed by atoms with Gasteiger partial charge in [-0.15, -0.1) is 10.2 Å². The van der Waals surface area contributed by atoms with Crippen LogP contribution in [0.5, 0.6) is 0 Å². The molecule has 17 heavy (non-hydrogen) atoms. The highest BCUT2D eigenvalue weighted by atomic mass is 35.5. The Bertz CT molecular complexity index is 515. The second-order valence-corrected chi connectivity index (χ2v) is 4.89. The van der Waals surface area contributed by atoms with Crippen LogP contribution in [0.3, 0.4) is 0 Å². The Balaban J connectivity index is 2.16. The van der Waals surface area contributed by atoms with Gasteiger partial charge in [-0.05, 0) is 42.4 Å². The van der Waals surface area contributed by atoms with Gasteiger partial charge in [0.05, 0.1) is 5.02 Å². The van der Waals surface area contributed by atoms with Crippen LogP contribution in [0.2, 0.25) is 5.02 Å². The summed E-state index contributed by atoms with van der Waals surface area (Å²) in [7, 11) is 0. The molecule has 0 fully saturated rings. The van der Waals surface area contributed by atoms with Crippen molar-refractivity contribution in [1.82, 2.24) is 10.2 Å². The molecule has 0 amide bonds. The lowest BCUT2D eigenvalue weighted by molar-refractivity contribution is 0.429. The van der Waals surface area contributed by atoms with Gasteiger partial charge in [0.25, 0.3) is 5.22 Å². The van der Waals surface area contributed by atoms with Gasteiger partial charge in [0.2, 0.25) is 5.89 Å². The van der Waals surface area contributed by atoms with Crippen molar-refractivity contribution in [2.75, 3.05) is 6.54 Å². The van der Waals surface area contributed by atoms with E-state index in [1.807, 2.05) is 18.2 Å². The quantitative estimate of drug-likeness (QED) is 0.924. The summed E-state index contributed by atoms with van der Waals surface area (Å²) in [5.74, 6) is 0.545. The van der Waals surface area contributed by atoms with Gasteiger partial charge in [0, 0.05) is 11.8 Å². The van der Waals surface area contributed by atoms with Gasteiger partial charge in [-0.3, -0.25) is 0 Å². The van der Waals surface area contributed by atoms with Crippen LogP contribution >= 0.6 is 23.4 Å². The van der Waals surface area contributed by atoms with Crippen molar-refractivity contribution in [3.63, 3.8) is 0 Å². The monoisotopic (exact) mass is 269 g/mol. The number of aromatic nitrogens is 2. The molecule has 0 radical (unpaired) electrons. The Morgan fingerprint density at radius 1 is 1.41 bits per heavy atom. The molecule has 1 aromatic carbocycles. The molecule has 0 bridgehead atoms. The number of nitrogens with zero attached hydrogens (tertiary/aromatic N) is 2. The topological polar surface area (TPSA) is 64.9 Å². The number of rotatable bonds is 4. The largest absolute Gasteiger partial charge is 0.416 e. The van der Waals surface area contributed by atoms with E-state index in [1.165, 1.54) is 11.8 Å². The average Bonchev–Trinajstić information content (AvgIpc) is 2.69. The minimum absolute atomic E-state index is 0.496. The Morgan fingerprint density at radius 2 is 2.24 bits per heavy atom. The van der Waals surface area contributed by atoms with E-state index in [9.17, 15) is 0 Å². The van der Waals surface area contributed by atoms with Crippen LogP contribution in [-0.2, 0) is 6.42 Å². The summed E-state index contributed by atoms with van der Waals surface area (Å²) in [5, 5.41) is 8.84. The third-order valence-electron chi connectivity index (χ3n) is 2.13. The maximum atomic E-state index is 6.17. The van der Waals surface area contributed by atoms with Crippen molar-refractivity contribution >= 4 is 23.4 Å². The van der Waals surface area contributed by atoms with E-state index in [0.717, 1.165) is 16.9 Å². The number of hydrogen-bond acceptors (Lipinski definition) is 5. The second-order valence-electron chi connectivity index (χ2n) is 3.49. The van der Waals surface area contributed by atoms with Crippen molar-refractivity contribution in [3.8, 4) is 0 Å². The Morgan fingerprint density at radius 3 is 2.82 bits per heavy atom. The van der Waals surface area contributed by atoms with Gasteiger partial charge in [0.1, 0.15) is 0 Å². The van der Waals surface area contributed by atoms with Crippen LogP contribution < -0.4 is 5.73 Å². The molecule has 4 nitrogen and oxygen atoms in total. The van der Waals surface area contributed by atoms with Crippen LogP contribution in [0.25, 0.3) is 0 Å². The fourth-order valence-corrected chi connectivity index (χ4v) is 2.41. The Kier molecular flexibility index (Phi) is 4.04. The van der Waals surface area contributed by atoms with E-state index in [2.05, 4.69) is 10.2 Å². The van der Waals surface area contributed by atoms with Crippen LogP contribution in [0.15, 0.2) is 32.7 Å². The molecule has 90 valence electrons. The Labute approximate surface area is 109 Å². The van der Waals surface area contributed by atoms with E-state index in [-0.39, 0.29) is 0 Å². The summed E-state index contributed by atoms with van der Waals surface area (Å²) in [6.45, 7) is 2.37. The van der Waals surface area contributed by atoms with Gasteiger partial charge < -0.3 is 10.2 Å². The van der Waals surface area contributed by atoms with Crippen molar-refractivity contribution in [3.05, 3.63) is 34.7 Å². The van der Waals surface area contributed by atoms with Crippen molar-refractivity contribution in [1.29, 1.82) is 0 Å². The first-order valence-electron chi connectivity index (χ1n) is 5.15. The first-order chi connectivity index (χ1) is 8.19. The SMILES string of the molecule is Cc1nnc(Sc2ccc(CCN)cc2Cl)o1. The number of nitrogens with two attached hydrogens (primary N) is 1. The summed E-state index contributed by atoms with van der Waals surface area (Å²) in [4.78, 5) is 0.899. The molecule has 0 aliphatic carbocycles. The van der Waals surface area contributed by atoms with Crippen molar-refractivity contribution in [2.45, 2.75) is 23.5 Å². The zero-order valence-corrected chi connectivity index (χ0v) is 10.9. The van der Waals surface area contributed by atoms with Crippen LogP contribution in [0, 0.1) is 6.92 Å². The molecule has 0 saturated heterocycles. The van der Waals surface area contributed by atoms with Gasteiger partial charge in [-0.25, -0.2) is 0 Å². The van der Waals surface area contributed by atoms with Gasteiger partial charge in [-0.2, -0.15) is 0 Å². The van der Waals surface area contributed by atoms with Gasteiger partial charge in [0.15, 0.2) is 0 Å². The summed E-state index contributed by atoms with van der Waals surface area (Å²) in [6.07, 6.45) is 0.824. The fraction of sp³-hybridized carbons (Fsp3) is 0.273. The van der Waals surface area contributed by atoms with E-state index >= 15 is 0 Å². The predicted octanol–water partition coefficient (Wildman–Crippen LogP) is 2.68. The highest BCUT2D eigenvalue weighted by molar-refractivity contribution is 7.99. The minimum atomic E-state index is 0.496. The summed E-state index contributed by atoms with van der Waals surface area (Å²) in [6, 6.07) is 5.86. The number of hydrogen-bond donors (Lipinski definition) is 1. The summed E-state index contributed by atoms with van der Waals surface area (Å²) < 4.78 is 5.28. The molecule has 2 N–H and O–H groups in total. The standard InChI is InChI=1S/C11H12ClN3OS/c1-7-14-15-11(16-7)17-10-3-2-8(4-5-13)6-9(10)12/h2-3,6H,4-5,13H2,1H3. The lowest BCUT2D eigenvalue weighted by atomic mass is 10.1. The zero-order valence-electron chi connectivity index (χ0n) is 9.31. The average molecular weight is 270 g/mol. The smallest absolute Gasteiger partial charge is 0.281 e. The van der Waals surface area contributed by atoms with E-state index in [1.54, 1.807) is 6.92 Å². The fourth-order valence-electron chi connectivity index (χ4n) is 1.36. The normalized spacial score (nSPS) is 10.8. The maximum absolute atomic E-state index is 6.17. The lowest BCUT2D eigenvalue weighted by Gasteiger charge is -2.03. The predicted molar refractivity (Wildman–Crippen MR) is 67.4 cm³/mol. The molecule has 2 rings (SSSR count). The van der Waals surface area contributed by atoms with E-state index in [4.69, 9.17) is 21.8 Å². The molecule has 6 heteroatoms. The van der Waals surface area contributed by atoms with E-state index in [0.29, 0.717) is 22.7 Å².